The topological polar surface area (TPSA) is 70.2 Å². The lowest BCUT2D eigenvalue weighted by Crippen LogP contribution is -2.64. The summed E-state index contributed by atoms with van der Waals surface area (Å²) in [5.74, 6) is -8.85. The molecule has 0 heterocycles. The Morgan fingerprint density at radius 2 is 1.61 bits per heavy atom. The van der Waals surface area contributed by atoms with Crippen molar-refractivity contribution in [1.29, 1.82) is 0 Å². The quantitative estimate of drug-likeness (QED) is 0.330. The molecule has 5 nitrogen and oxygen atoms in total. The van der Waals surface area contributed by atoms with Gasteiger partial charge in [0.15, 0.2) is 0 Å². The summed E-state index contributed by atoms with van der Waals surface area (Å²) < 4.78 is 28.1. The second kappa shape index (κ2) is 7.15. The van der Waals surface area contributed by atoms with Crippen LogP contribution < -0.4 is 16.0 Å². The van der Waals surface area contributed by atoms with Crippen molar-refractivity contribution in [2.75, 3.05) is 25.1 Å². The Hall–Kier alpha value is -0.540. The molecule has 0 aromatic carbocycles. The van der Waals surface area contributed by atoms with E-state index in [0.717, 1.165) is 0 Å². The summed E-state index contributed by atoms with van der Waals surface area (Å²) >= 11 is 7.32. The largest absolute Gasteiger partial charge is 0.355 e. The molecule has 0 aliphatic carbocycles. The van der Waals surface area contributed by atoms with E-state index in [-0.39, 0.29) is 6.54 Å². The molecule has 0 saturated carbocycles. The maximum Gasteiger partial charge on any atom is 0.279 e. The zero-order valence-corrected chi connectivity index (χ0v) is 11.9. The summed E-state index contributed by atoms with van der Waals surface area (Å²) in [5, 5.41) is 5.95. The van der Waals surface area contributed by atoms with Gasteiger partial charge in [-0.25, -0.2) is 8.78 Å². The van der Waals surface area contributed by atoms with E-state index in [0.29, 0.717) is 0 Å². The van der Waals surface area contributed by atoms with E-state index in [1.807, 2.05) is 5.32 Å². The number of rotatable bonds is 7. The summed E-state index contributed by atoms with van der Waals surface area (Å²) in [6.45, 7) is 1.72. The highest BCUT2D eigenvalue weighted by atomic mass is 32.1. The number of hydrogen-bond donors (Lipinski definition) is 5. The van der Waals surface area contributed by atoms with Gasteiger partial charge in [-0.1, -0.05) is 6.92 Å². The Kier molecular flexibility index (Phi) is 6.93. The van der Waals surface area contributed by atoms with Gasteiger partial charge in [-0.3, -0.25) is 14.9 Å². The van der Waals surface area contributed by atoms with Gasteiger partial charge in [0.25, 0.3) is 17.6 Å². The van der Waals surface area contributed by atoms with Crippen molar-refractivity contribution >= 4 is 37.1 Å². The van der Waals surface area contributed by atoms with Gasteiger partial charge < -0.3 is 10.6 Å². The molecule has 18 heavy (non-hydrogen) atoms. The fourth-order valence-electron chi connectivity index (χ4n) is 1.13. The number of carbonyl (C=O) groups is 2. The Balaban J connectivity index is 4.95. The normalized spacial score (nSPS) is 17.4. The highest BCUT2D eigenvalue weighted by Crippen LogP contribution is 2.15. The van der Waals surface area contributed by atoms with Crippen LogP contribution in [0.4, 0.5) is 8.78 Å². The molecule has 0 aliphatic heterocycles. The summed E-state index contributed by atoms with van der Waals surface area (Å²) in [6.07, 6.45) is 0. The third-order valence-electron chi connectivity index (χ3n) is 2.15. The van der Waals surface area contributed by atoms with E-state index in [1.165, 1.54) is 7.05 Å². The average molecular weight is 301 g/mol. The molecule has 0 spiro atoms. The van der Waals surface area contributed by atoms with Crippen molar-refractivity contribution in [3.8, 4) is 0 Å². The average Bonchev–Trinajstić information content (AvgIpc) is 2.37. The number of nitrogens with one attached hydrogen (secondary N) is 3. The van der Waals surface area contributed by atoms with E-state index in [9.17, 15) is 18.4 Å². The van der Waals surface area contributed by atoms with Crippen molar-refractivity contribution < 1.29 is 18.4 Å². The molecule has 0 bridgehead atoms. The zero-order chi connectivity index (χ0) is 14.4. The van der Waals surface area contributed by atoms with Crippen LogP contribution >= 0.6 is 25.3 Å². The maximum atomic E-state index is 14.0. The van der Waals surface area contributed by atoms with Gasteiger partial charge in [-0.15, -0.1) is 0 Å². The van der Waals surface area contributed by atoms with Crippen LogP contribution in [0.2, 0.25) is 0 Å². The van der Waals surface area contributed by atoms with Gasteiger partial charge in [0.2, 0.25) is 5.79 Å². The highest BCUT2D eigenvalue weighted by Gasteiger charge is 2.45. The third kappa shape index (κ3) is 3.99. The summed E-state index contributed by atoms with van der Waals surface area (Å²) in [5.41, 5.74) is 0. The molecule has 0 aromatic heterocycles. The van der Waals surface area contributed by atoms with Crippen LogP contribution in [-0.2, 0) is 9.59 Å². The van der Waals surface area contributed by atoms with Crippen molar-refractivity contribution in [1.82, 2.24) is 16.0 Å². The first-order valence-electron chi connectivity index (χ1n) is 5.19. The minimum atomic E-state index is -2.77. The van der Waals surface area contributed by atoms with Crippen molar-refractivity contribution in [3.63, 3.8) is 0 Å². The third-order valence-corrected chi connectivity index (χ3v) is 3.02. The number of thiol groups is 2. The Bertz CT molecular complexity index is 322. The predicted octanol–water partition coefficient (Wildman–Crippen LogP) is -0.351. The van der Waals surface area contributed by atoms with Gasteiger partial charge >= 0.3 is 0 Å². The van der Waals surface area contributed by atoms with Gasteiger partial charge in [-0.05, 0) is 6.54 Å². The molecular formula is C9H17F2N3O2S2. The molecule has 9 heteroatoms. The first kappa shape index (κ1) is 17.5. The molecule has 106 valence electrons. The van der Waals surface area contributed by atoms with E-state index in [1.54, 1.807) is 12.2 Å². The second-order valence-corrected chi connectivity index (χ2v) is 4.11. The van der Waals surface area contributed by atoms with E-state index < -0.39 is 34.9 Å². The molecule has 2 atom stereocenters. The number of alkyl halides is 2. The lowest BCUT2D eigenvalue weighted by atomic mass is 10.2. The Morgan fingerprint density at radius 3 is 1.94 bits per heavy atom. The second-order valence-electron chi connectivity index (χ2n) is 3.48. The van der Waals surface area contributed by atoms with Gasteiger partial charge in [0.1, 0.15) is 0 Å². The molecule has 3 N–H and O–H groups in total. The van der Waals surface area contributed by atoms with Crippen LogP contribution in [0.15, 0.2) is 0 Å². The highest BCUT2D eigenvalue weighted by molar-refractivity contribution is 7.80. The summed E-state index contributed by atoms with van der Waals surface area (Å²) in [6, 6.07) is 0. The van der Waals surface area contributed by atoms with Crippen LogP contribution in [0.1, 0.15) is 6.92 Å². The summed E-state index contributed by atoms with van der Waals surface area (Å²) in [4.78, 5) is 22.9. The molecule has 0 saturated heterocycles. The number of halogens is 2. The summed E-state index contributed by atoms with van der Waals surface area (Å²) in [7, 11) is 1.19. The number of amides is 2. The molecule has 0 rings (SSSR count). The smallest absolute Gasteiger partial charge is 0.279 e. The fraction of sp³-hybridized carbons (Fsp3) is 0.778. The van der Waals surface area contributed by atoms with Gasteiger partial charge in [0.05, 0.1) is 5.75 Å². The lowest BCUT2D eigenvalue weighted by Gasteiger charge is -2.28. The standard InChI is InChI=1S/C9H17F2N3O2S2/c1-3-13-8(10,4-17)7(16)14-9(11,5-18)6(15)12-2/h13,17-18H,3-5H2,1-2H3,(H,12,15)(H,14,16)/t8-,9+/m1/s1. The first-order valence-corrected chi connectivity index (χ1v) is 6.45. The molecule has 0 fully saturated rings. The number of hydrogen-bond acceptors (Lipinski definition) is 5. The molecule has 2 amide bonds. The van der Waals surface area contributed by atoms with Crippen molar-refractivity contribution in [2.24, 2.45) is 0 Å². The zero-order valence-electron chi connectivity index (χ0n) is 10.1. The number of likely N-dealkylation sites (N-methyl/N-ethyl adjacent to an activating group) is 2. The van der Waals surface area contributed by atoms with E-state index in [2.05, 4.69) is 30.6 Å². The minimum Gasteiger partial charge on any atom is -0.355 e. The maximum absolute atomic E-state index is 14.0. The monoisotopic (exact) mass is 301 g/mol. The van der Waals surface area contributed by atoms with Crippen LogP contribution in [0, 0.1) is 0 Å². The van der Waals surface area contributed by atoms with Crippen LogP contribution in [0.3, 0.4) is 0 Å². The number of carbonyl (C=O) groups excluding carboxylic acids is 2. The molecule has 0 unspecified atom stereocenters. The lowest BCUT2D eigenvalue weighted by molar-refractivity contribution is -0.145. The van der Waals surface area contributed by atoms with Crippen LogP contribution in [0.25, 0.3) is 0 Å². The van der Waals surface area contributed by atoms with Crippen LogP contribution in [-0.4, -0.2) is 48.5 Å². The van der Waals surface area contributed by atoms with E-state index in [4.69, 9.17) is 0 Å². The van der Waals surface area contributed by atoms with E-state index >= 15 is 0 Å². The first-order chi connectivity index (χ1) is 8.29. The van der Waals surface area contributed by atoms with Gasteiger partial charge in [-0.2, -0.15) is 25.3 Å². The molecule has 0 aromatic rings. The molecule has 0 radical (unpaired) electrons. The van der Waals surface area contributed by atoms with Crippen molar-refractivity contribution in [3.05, 3.63) is 0 Å². The fourth-order valence-corrected chi connectivity index (χ4v) is 1.61. The van der Waals surface area contributed by atoms with Gasteiger partial charge in [0, 0.05) is 12.8 Å². The minimum absolute atomic E-state index is 0.143. The molecular weight excluding hydrogens is 284 g/mol. The predicted molar refractivity (Wildman–Crippen MR) is 71.3 cm³/mol. The Labute approximate surface area is 115 Å². The Morgan fingerprint density at radius 1 is 1.11 bits per heavy atom. The molecule has 0 aliphatic rings. The SMILES string of the molecule is CCN[C@](F)(CS)C(=O)N[C@@](F)(CS)C(=O)NC. The van der Waals surface area contributed by atoms with Crippen molar-refractivity contribution in [2.45, 2.75) is 18.5 Å². The van der Waals surface area contributed by atoms with Crippen LogP contribution in [0.5, 0.6) is 0 Å².